The lowest BCUT2D eigenvalue weighted by Gasteiger charge is -2.38. The Morgan fingerprint density at radius 2 is 2.19 bits per heavy atom. The molecular weight excluding hydrogens is 286 g/mol. The highest BCUT2D eigenvalue weighted by Gasteiger charge is 2.30. The normalized spacial score (nSPS) is 18.2. The average molecular weight is 303 g/mol. The molecule has 1 aliphatic rings. The quantitative estimate of drug-likeness (QED) is 0.870. The minimum absolute atomic E-state index is 0.541. The fourth-order valence-corrected chi connectivity index (χ4v) is 2.94. The van der Waals surface area contributed by atoms with Gasteiger partial charge in [-0.3, -0.25) is 0 Å². The van der Waals surface area contributed by atoms with E-state index in [4.69, 9.17) is 11.6 Å². The van der Waals surface area contributed by atoms with Crippen molar-refractivity contribution in [2.75, 3.05) is 6.54 Å². The molecule has 1 aromatic carbocycles. The number of hydrogen-bond acceptors (Lipinski definition) is 1. The van der Waals surface area contributed by atoms with E-state index in [9.17, 15) is 0 Å². The molecule has 1 aromatic rings. The molecule has 88 valence electrons. The molecule has 3 heteroatoms. The predicted molar refractivity (Wildman–Crippen MR) is 72.8 cm³/mol. The van der Waals surface area contributed by atoms with Crippen molar-refractivity contribution in [3.8, 4) is 0 Å². The number of halogens is 2. The number of benzene rings is 1. The standard InChI is InChI=1S/C13H17BrClN/c1-13(5-2-6-13)9-16-8-10-3-4-11(15)7-12(10)14/h3-4,7,16H,2,5-6,8-9H2,1H3. The maximum Gasteiger partial charge on any atom is 0.0417 e. The summed E-state index contributed by atoms with van der Waals surface area (Å²) in [6.07, 6.45) is 4.12. The summed E-state index contributed by atoms with van der Waals surface area (Å²) in [6, 6.07) is 5.96. The monoisotopic (exact) mass is 301 g/mol. The van der Waals surface area contributed by atoms with Crippen LogP contribution in [0.4, 0.5) is 0 Å². The topological polar surface area (TPSA) is 12.0 Å². The van der Waals surface area contributed by atoms with E-state index in [1.165, 1.54) is 24.8 Å². The van der Waals surface area contributed by atoms with Gasteiger partial charge in [0.15, 0.2) is 0 Å². The molecule has 0 bridgehead atoms. The van der Waals surface area contributed by atoms with E-state index >= 15 is 0 Å². The third kappa shape index (κ3) is 2.99. The molecule has 2 rings (SSSR count). The molecule has 1 nitrogen and oxygen atoms in total. The maximum atomic E-state index is 5.90. The van der Waals surface area contributed by atoms with E-state index in [0.717, 1.165) is 22.6 Å². The van der Waals surface area contributed by atoms with Gasteiger partial charge in [0.1, 0.15) is 0 Å². The smallest absolute Gasteiger partial charge is 0.0417 e. The van der Waals surface area contributed by atoms with Gasteiger partial charge in [0, 0.05) is 22.6 Å². The van der Waals surface area contributed by atoms with Gasteiger partial charge >= 0.3 is 0 Å². The van der Waals surface area contributed by atoms with Crippen molar-refractivity contribution in [3.05, 3.63) is 33.3 Å². The first-order valence-corrected chi connectivity index (χ1v) is 6.91. The molecule has 1 aliphatic carbocycles. The zero-order valence-corrected chi connectivity index (χ0v) is 11.9. The summed E-state index contributed by atoms with van der Waals surface area (Å²) in [7, 11) is 0. The molecule has 16 heavy (non-hydrogen) atoms. The predicted octanol–water partition coefficient (Wildman–Crippen LogP) is 4.38. The Morgan fingerprint density at radius 1 is 1.44 bits per heavy atom. The van der Waals surface area contributed by atoms with Gasteiger partial charge in [-0.05, 0) is 36.0 Å². The first-order chi connectivity index (χ1) is 7.59. The van der Waals surface area contributed by atoms with Crippen molar-refractivity contribution in [1.82, 2.24) is 5.32 Å². The second-order valence-electron chi connectivity index (χ2n) is 5.00. The minimum atomic E-state index is 0.541. The largest absolute Gasteiger partial charge is 0.312 e. The molecule has 0 aromatic heterocycles. The van der Waals surface area contributed by atoms with Gasteiger partial charge in [-0.1, -0.05) is 46.9 Å². The molecule has 0 aliphatic heterocycles. The van der Waals surface area contributed by atoms with Crippen molar-refractivity contribution in [1.29, 1.82) is 0 Å². The molecule has 0 atom stereocenters. The zero-order valence-electron chi connectivity index (χ0n) is 9.52. The highest BCUT2D eigenvalue weighted by Crippen LogP contribution is 2.39. The Labute approximate surface area is 111 Å². The van der Waals surface area contributed by atoms with Crippen molar-refractivity contribution < 1.29 is 0 Å². The molecule has 0 unspecified atom stereocenters. The first-order valence-electron chi connectivity index (χ1n) is 5.74. The zero-order chi connectivity index (χ0) is 11.6. The van der Waals surface area contributed by atoms with Gasteiger partial charge in [-0.2, -0.15) is 0 Å². The molecular formula is C13H17BrClN. The van der Waals surface area contributed by atoms with Gasteiger partial charge in [-0.15, -0.1) is 0 Å². The summed E-state index contributed by atoms with van der Waals surface area (Å²) in [5.41, 5.74) is 1.81. The maximum absolute atomic E-state index is 5.90. The summed E-state index contributed by atoms with van der Waals surface area (Å²) >= 11 is 9.44. The van der Waals surface area contributed by atoms with Crippen LogP contribution in [0.2, 0.25) is 5.02 Å². The van der Waals surface area contributed by atoms with Crippen LogP contribution in [0.3, 0.4) is 0 Å². The highest BCUT2D eigenvalue weighted by molar-refractivity contribution is 9.10. The lowest BCUT2D eigenvalue weighted by atomic mass is 9.70. The first kappa shape index (κ1) is 12.4. The molecule has 1 fully saturated rings. The number of nitrogens with one attached hydrogen (secondary N) is 1. The van der Waals surface area contributed by atoms with E-state index < -0.39 is 0 Å². The summed E-state index contributed by atoms with van der Waals surface area (Å²) in [5.74, 6) is 0. The lowest BCUT2D eigenvalue weighted by Crippen LogP contribution is -2.37. The van der Waals surface area contributed by atoms with Crippen molar-refractivity contribution in [2.45, 2.75) is 32.7 Å². The van der Waals surface area contributed by atoms with E-state index in [-0.39, 0.29) is 0 Å². The van der Waals surface area contributed by atoms with Crippen LogP contribution >= 0.6 is 27.5 Å². The Bertz CT molecular complexity index is 374. The summed E-state index contributed by atoms with van der Waals surface area (Å²) in [4.78, 5) is 0. The van der Waals surface area contributed by atoms with Gasteiger partial charge in [-0.25, -0.2) is 0 Å². The van der Waals surface area contributed by atoms with Crippen molar-refractivity contribution >= 4 is 27.5 Å². The fourth-order valence-electron chi connectivity index (χ4n) is 2.12. The lowest BCUT2D eigenvalue weighted by molar-refractivity contribution is 0.156. The SMILES string of the molecule is CC1(CNCc2ccc(Cl)cc2Br)CCC1. The second kappa shape index (κ2) is 5.07. The Kier molecular flexibility index (Phi) is 3.93. The molecule has 0 saturated heterocycles. The van der Waals surface area contributed by atoms with Gasteiger partial charge < -0.3 is 5.32 Å². The van der Waals surface area contributed by atoms with Crippen molar-refractivity contribution in [2.24, 2.45) is 5.41 Å². The highest BCUT2D eigenvalue weighted by atomic mass is 79.9. The second-order valence-corrected chi connectivity index (χ2v) is 6.29. The molecule has 1 saturated carbocycles. The van der Waals surface area contributed by atoms with Crippen LogP contribution in [0.15, 0.2) is 22.7 Å². The Balaban J connectivity index is 1.85. The number of rotatable bonds is 4. The summed E-state index contributed by atoms with van der Waals surface area (Å²) in [5, 5.41) is 4.31. The fraction of sp³-hybridized carbons (Fsp3) is 0.538. The van der Waals surface area contributed by atoms with Crippen LogP contribution in [0.25, 0.3) is 0 Å². The van der Waals surface area contributed by atoms with Crippen LogP contribution in [0.1, 0.15) is 31.7 Å². The van der Waals surface area contributed by atoms with Crippen LogP contribution in [0, 0.1) is 5.41 Å². The van der Waals surface area contributed by atoms with Crippen LogP contribution < -0.4 is 5.32 Å². The third-order valence-corrected chi connectivity index (χ3v) is 4.42. The van der Waals surface area contributed by atoms with Gasteiger partial charge in [0.25, 0.3) is 0 Å². The third-order valence-electron chi connectivity index (χ3n) is 3.44. The summed E-state index contributed by atoms with van der Waals surface area (Å²) in [6.45, 7) is 4.38. The Morgan fingerprint density at radius 3 is 2.75 bits per heavy atom. The summed E-state index contributed by atoms with van der Waals surface area (Å²) < 4.78 is 1.09. The minimum Gasteiger partial charge on any atom is -0.312 e. The van der Waals surface area contributed by atoms with Gasteiger partial charge in [0.2, 0.25) is 0 Å². The van der Waals surface area contributed by atoms with Crippen molar-refractivity contribution in [3.63, 3.8) is 0 Å². The molecule has 0 spiro atoms. The number of hydrogen-bond donors (Lipinski definition) is 1. The van der Waals surface area contributed by atoms with Crippen LogP contribution in [-0.4, -0.2) is 6.54 Å². The average Bonchev–Trinajstić information content (AvgIpc) is 2.19. The van der Waals surface area contributed by atoms with Gasteiger partial charge in [0.05, 0.1) is 0 Å². The molecule has 0 radical (unpaired) electrons. The van der Waals surface area contributed by atoms with E-state index in [1.807, 2.05) is 12.1 Å². The molecule has 1 N–H and O–H groups in total. The van der Waals surface area contributed by atoms with E-state index in [2.05, 4.69) is 34.2 Å². The van der Waals surface area contributed by atoms with Crippen LogP contribution in [-0.2, 0) is 6.54 Å². The van der Waals surface area contributed by atoms with E-state index in [0.29, 0.717) is 5.41 Å². The molecule has 0 heterocycles. The Hall–Kier alpha value is -0.0500. The van der Waals surface area contributed by atoms with E-state index in [1.54, 1.807) is 0 Å². The van der Waals surface area contributed by atoms with Crippen LogP contribution in [0.5, 0.6) is 0 Å². The molecule has 0 amide bonds.